The minimum Gasteiger partial charge on any atom is -0.309 e. The lowest BCUT2D eigenvalue weighted by atomic mass is 9.82. The van der Waals surface area contributed by atoms with Gasteiger partial charge in [0.05, 0.1) is 0 Å². The van der Waals surface area contributed by atoms with Gasteiger partial charge in [-0.05, 0) is 43.0 Å². The molecule has 2 nitrogen and oxygen atoms in total. The minimum absolute atomic E-state index is 0.0571. The molecule has 1 fully saturated rings. The molecular formula is C17H26ClFN2. The van der Waals surface area contributed by atoms with Crippen LogP contribution in [0.4, 0.5) is 4.39 Å². The molecule has 1 aromatic carbocycles. The third-order valence-corrected chi connectivity index (χ3v) is 4.56. The first kappa shape index (κ1) is 16.7. The molecular weight excluding hydrogens is 287 g/mol. The fourth-order valence-electron chi connectivity index (χ4n) is 3.08. The fraction of sp³-hybridized carbons (Fsp3) is 0.647. The van der Waals surface area contributed by atoms with Crippen molar-refractivity contribution >= 4 is 11.6 Å². The van der Waals surface area contributed by atoms with Crippen LogP contribution in [0.15, 0.2) is 18.2 Å². The Morgan fingerprint density at radius 2 is 2.05 bits per heavy atom. The Labute approximate surface area is 132 Å². The zero-order chi connectivity index (χ0) is 15.8. The van der Waals surface area contributed by atoms with Gasteiger partial charge in [0.1, 0.15) is 5.82 Å². The summed E-state index contributed by atoms with van der Waals surface area (Å²) in [6.07, 6.45) is 0. The number of benzene rings is 1. The Bertz CT molecular complexity index is 508. The van der Waals surface area contributed by atoms with Crippen molar-refractivity contribution in [2.24, 2.45) is 5.41 Å². The van der Waals surface area contributed by atoms with Crippen LogP contribution in [0.1, 0.15) is 40.2 Å². The van der Waals surface area contributed by atoms with E-state index < -0.39 is 0 Å². The van der Waals surface area contributed by atoms with Gasteiger partial charge in [-0.1, -0.05) is 32.4 Å². The highest BCUT2D eigenvalue weighted by molar-refractivity contribution is 6.31. The Hall–Kier alpha value is -0.640. The van der Waals surface area contributed by atoms with Gasteiger partial charge in [-0.2, -0.15) is 0 Å². The van der Waals surface area contributed by atoms with Crippen LogP contribution in [0.3, 0.4) is 0 Å². The second-order valence-corrected chi connectivity index (χ2v) is 8.19. The van der Waals surface area contributed by atoms with Gasteiger partial charge in [0.2, 0.25) is 0 Å². The lowest BCUT2D eigenvalue weighted by molar-refractivity contribution is 0.0271. The van der Waals surface area contributed by atoms with E-state index in [2.05, 4.69) is 44.8 Å². The van der Waals surface area contributed by atoms with E-state index in [1.807, 2.05) is 0 Å². The van der Waals surface area contributed by atoms with E-state index >= 15 is 0 Å². The first-order valence-corrected chi connectivity index (χ1v) is 7.89. The molecule has 0 saturated carbocycles. The van der Waals surface area contributed by atoms with Gasteiger partial charge in [0, 0.05) is 36.2 Å². The van der Waals surface area contributed by atoms with Crippen molar-refractivity contribution in [2.45, 2.75) is 52.7 Å². The molecule has 1 aliphatic heterocycles. The summed E-state index contributed by atoms with van der Waals surface area (Å²) in [6.45, 7) is 13.7. The fourth-order valence-corrected chi connectivity index (χ4v) is 3.26. The molecule has 21 heavy (non-hydrogen) atoms. The summed E-state index contributed by atoms with van der Waals surface area (Å²) in [6, 6.07) is 5.00. The van der Waals surface area contributed by atoms with Gasteiger partial charge in [-0.15, -0.1) is 0 Å². The molecule has 0 aliphatic carbocycles. The van der Waals surface area contributed by atoms with Crippen molar-refractivity contribution in [1.29, 1.82) is 0 Å². The minimum atomic E-state index is -0.226. The van der Waals surface area contributed by atoms with Gasteiger partial charge >= 0.3 is 0 Å². The highest BCUT2D eigenvalue weighted by Crippen LogP contribution is 2.31. The number of halogens is 2. The van der Waals surface area contributed by atoms with Crippen LogP contribution < -0.4 is 5.32 Å². The first-order valence-electron chi connectivity index (χ1n) is 7.51. The Morgan fingerprint density at radius 1 is 1.38 bits per heavy atom. The molecule has 0 spiro atoms. The van der Waals surface area contributed by atoms with E-state index in [0.717, 1.165) is 18.7 Å². The van der Waals surface area contributed by atoms with Crippen molar-refractivity contribution in [3.63, 3.8) is 0 Å². The molecule has 1 N–H and O–H groups in total. The van der Waals surface area contributed by atoms with E-state index in [9.17, 15) is 4.39 Å². The van der Waals surface area contributed by atoms with Crippen LogP contribution in [0.2, 0.25) is 5.02 Å². The molecule has 0 aromatic heterocycles. The van der Waals surface area contributed by atoms with E-state index in [1.165, 1.54) is 6.07 Å². The SMILES string of the molecule is CC1(C)CN(Cc2cc(F)ccc2Cl)C(C(C)(C)C)CN1. The van der Waals surface area contributed by atoms with Crippen LogP contribution in [0.5, 0.6) is 0 Å². The monoisotopic (exact) mass is 312 g/mol. The summed E-state index contributed by atoms with van der Waals surface area (Å²) < 4.78 is 13.5. The van der Waals surface area contributed by atoms with Crippen molar-refractivity contribution in [3.8, 4) is 0 Å². The predicted octanol–water partition coefficient (Wildman–Crippen LogP) is 4.08. The Balaban J connectivity index is 2.26. The number of nitrogens with one attached hydrogen (secondary N) is 1. The second kappa shape index (κ2) is 5.86. The van der Waals surface area contributed by atoms with Crippen LogP contribution >= 0.6 is 11.6 Å². The Kier molecular flexibility index (Phi) is 4.67. The summed E-state index contributed by atoms with van der Waals surface area (Å²) >= 11 is 6.24. The molecule has 2 rings (SSSR count). The smallest absolute Gasteiger partial charge is 0.123 e. The lowest BCUT2D eigenvalue weighted by Gasteiger charge is -2.49. The maximum Gasteiger partial charge on any atom is 0.123 e. The summed E-state index contributed by atoms with van der Waals surface area (Å²) in [5.74, 6) is -0.226. The van der Waals surface area contributed by atoms with E-state index in [-0.39, 0.29) is 16.8 Å². The quantitative estimate of drug-likeness (QED) is 0.885. The van der Waals surface area contributed by atoms with Crippen molar-refractivity contribution in [3.05, 3.63) is 34.6 Å². The largest absolute Gasteiger partial charge is 0.309 e. The highest BCUT2D eigenvalue weighted by Gasteiger charge is 2.38. The molecule has 1 aromatic rings. The molecule has 0 radical (unpaired) electrons. The average Bonchev–Trinajstić information content (AvgIpc) is 2.31. The van der Waals surface area contributed by atoms with Gasteiger partial charge in [0.25, 0.3) is 0 Å². The maximum absolute atomic E-state index is 13.5. The van der Waals surface area contributed by atoms with Crippen LogP contribution in [0, 0.1) is 11.2 Å². The van der Waals surface area contributed by atoms with Crippen molar-refractivity contribution < 1.29 is 4.39 Å². The number of nitrogens with zero attached hydrogens (tertiary/aromatic N) is 1. The molecule has 1 saturated heterocycles. The molecule has 1 heterocycles. The summed E-state index contributed by atoms with van der Waals surface area (Å²) in [7, 11) is 0. The molecule has 1 aliphatic rings. The average molecular weight is 313 g/mol. The molecule has 0 bridgehead atoms. The standard InChI is InChI=1S/C17H26ClFN2/c1-16(2,3)15-9-20-17(4,5)11-21(15)10-12-8-13(19)6-7-14(12)18/h6-8,15,20H,9-11H2,1-5H3. The molecule has 4 heteroatoms. The van der Waals surface area contributed by atoms with E-state index in [0.29, 0.717) is 17.6 Å². The van der Waals surface area contributed by atoms with Gasteiger partial charge in [-0.25, -0.2) is 4.39 Å². The Morgan fingerprint density at radius 3 is 2.67 bits per heavy atom. The lowest BCUT2D eigenvalue weighted by Crippen LogP contribution is -2.64. The number of hydrogen-bond donors (Lipinski definition) is 1. The normalized spacial score (nSPS) is 23.3. The van der Waals surface area contributed by atoms with Crippen LogP contribution in [0.25, 0.3) is 0 Å². The molecule has 118 valence electrons. The topological polar surface area (TPSA) is 15.3 Å². The van der Waals surface area contributed by atoms with Gasteiger partial charge in [0.15, 0.2) is 0 Å². The third kappa shape index (κ3) is 4.18. The van der Waals surface area contributed by atoms with Gasteiger partial charge in [-0.3, -0.25) is 4.90 Å². The first-order chi connectivity index (χ1) is 9.58. The number of hydrogen-bond acceptors (Lipinski definition) is 2. The van der Waals surface area contributed by atoms with Crippen LogP contribution in [-0.4, -0.2) is 29.6 Å². The highest BCUT2D eigenvalue weighted by atomic mass is 35.5. The van der Waals surface area contributed by atoms with Gasteiger partial charge < -0.3 is 5.32 Å². The zero-order valence-electron chi connectivity index (χ0n) is 13.6. The molecule has 1 unspecified atom stereocenters. The van der Waals surface area contributed by atoms with Crippen molar-refractivity contribution in [1.82, 2.24) is 10.2 Å². The molecule has 1 atom stereocenters. The summed E-state index contributed by atoms with van der Waals surface area (Å²) in [5, 5.41) is 4.25. The number of piperazine rings is 1. The zero-order valence-corrected chi connectivity index (χ0v) is 14.4. The summed E-state index contributed by atoms with van der Waals surface area (Å²) in [4.78, 5) is 2.43. The predicted molar refractivity (Wildman–Crippen MR) is 87.1 cm³/mol. The molecule has 0 amide bonds. The third-order valence-electron chi connectivity index (χ3n) is 4.19. The number of rotatable bonds is 2. The van der Waals surface area contributed by atoms with E-state index in [4.69, 9.17) is 11.6 Å². The van der Waals surface area contributed by atoms with Crippen molar-refractivity contribution in [2.75, 3.05) is 13.1 Å². The maximum atomic E-state index is 13.5. The van der Waals surface area contributed by atoms with E-state index in [1.54, 1.807) is 12.1 Å². The summed E-state index contributed by atoms with van der Waals surface area (Å²) in [5.41, 5.74) is 1.08. The second-order valence-electron chi connectivity index (χ2n) is 7.79. The van der Waals surface area contributed by atoms with Crippen LogP contribution in [-0.2, 0) is 6.54 Å².